The Balaban J connectivity index is 0.000000607. The highest BCUT2D eigenvalue weighted by molar-refractivity contribution is 7.92. The molecule has 0 bridgehead atoms. The zero-order valence-electron chi connectivity index (χ0n) is 18.6. The van der Waals surface area contributed by atoms with Crippen molar-refractivity contribution in [3.05, 3.63) is 59.2 Å². The monoisotopic (exact) mass is 468 g/mol. The highest BCUT2D eigenvalue weighted by Crippen LogP contribution is 2.26. The molecule has 1 aliphatic rings. The molecule has 31 heavy (non-hydrogen) atoms. The molecule has 1 aliphatic carbocycles. The maximum absolute atomic E-state index is 12.6. The van der Waals surface area contributed by atoms with Gasteiger partial charge in [-0.2, -0.15) is 0 Å². The van der Waals surface area contributed by atoms with Gasteiger partial charge in [0, 0.05) is 18.7 Å². The van der Waals surface area contributed by atoms with Gasteiger partial charge in [0.25, 0.3) is 10.0 Å². The number of esters is 1. The average molecular weight is 469 g/mol. The van der Waals surface area contributed by atoms with Crippen LogP contribution in [0.5, 0.6) is 0 Å². The molecule has 0 amide bonds. The van der Waals surface area contributed by atoms with Crippen molar-refractivity contribution in [3.8, 4) is 0 Å². The molecule has 0 saturated carbocycles. The Morgan fingerprint density at radius 1 is 1.16 bits per heavy atom. The molecule has 3 rings (SSSR count). The van der Waals surface area contributed by atoms with E-state index in [0.717, 1.165) is 24.8 Å². The van der Waals surface area contributed by atoms with E-state index in [1.54, 1.807) is 19.1 Å². The minimum Gasteiger partial charge on any atom is -0.466 e. The number of fused-ring (bicyclic) bond motifs is 1. The molecule has 8 heteroatoms. The summed E-state index contributed by atoms with van der Waals surface area (Å²) in [5.74, 6) is 0.166. The molecule has 0 fully saturated rings. The molecule has 0 unspecified atom stereocenters. The number of ether oxygens (including phenoxy) is 1. The number of hydrogen-bond acceptors (Lipinski definition) is 5. The summed E-state index contributed by atoms with van der Waals surface area (Å²) in [5, 5.41) is 0. The zero-order valence-corrected chi connectivity index (χ0v) is 20.2. The van der Waals surface area contributed by atoms with Crippen LogP contribution in [-0.4, -0.2) is 27.0 Å². The van der Waals surface area contributed by atoms with Crippen molar-refractivity contribution in [2.45, 2.75) is 63.8 Å². The van der Waals surface area contributed by atoms with E-state index in [2.05, 4.69) is 23.3 Å². The second-order valence-corrected chi connectivity index (χ2v) is 9.42. The van der Waals surface area contributed by atoms with Gasteiger partial charge in [-0.25, -0.2) is 8.42 Å². The SMILES string of the molecule is CC(C)c1ccc(S(=O)(=O)Nc2ccc3c(c2)CC[C@H](N)C3)cc1.CCOC(C)=O.Cl. The number of carbonyl (C=O) groups is 1. The fourth-order valence-corrected chi connectivity index (χ4v) is 4.35. The third kappa shape index (κ3) is 8.16. The summed E-state index contributed by atoms with van der Waals surface area (Å²) in [6.45, 7) is 7.82. The number of nitrogens with two attached hydrogens (primary N) is 1. The maximum Gasteiger partial charge on any atom is 0.302 e. The molecule has 6 nitrogen and oxygen atoms in total. The number of aryl methyl sites for hydroxylation is 1. The maximum atomic E-state index is 12.6. The van der Waals surface area contributed by atoms with Crippen molar-refractivity contribution in [2.24, 2.45) is 5.73 Å². The number of sulfonamides is 1. The predicted octanol–water partition coefficient (Wildman–Crippen LogP) is 4.42. The van der Waals surface area contributed by atoms with E-state index in [1.807, 2.05) is 30.3 Å². The van der Waals surface area contributed by atoms with Crippen molar-refractivity contribution in [2.75, 3.05) is 11.3 Å². The molecule has 1 atom stereocenters. The van der Waals surface area contributed by atoms with E-state index in [9.17, 15) is 13.2 Å². The second-order valence-electron chi connectivity index (χ2n) is 7.74. The van der Waals surface area contributed by atoms with Crippen LogP contribution in [-0.2, 0) is 32.4 Å². The topological polar surface area (TPSA) is 98.5 Å². The van der Waals surface area contributed by atoms with Crippen LogP contribution in [0.25, 0.3) is 0 Å². The first-order chi connectivity index (χ1) is 14.1. The number of rotatable bonds is 5. The lowest BCUT2D eigenvalue weighted by molar-refractivity contribution is -0.140. The Morgan fingerprint density at radius 2 is 1.81 bits per heavy atom. The van der Waals surface area contributed by atoms with Crippen LogP contribution in [0.3, 0.4) is 0 Å². The van der Waals surface area contributed by atoms with Crippen LogP contribution in [0, 0.1) is 0 Å². The minimum absolute atomic E-state index is 0. The first kappa shape index (κ1) is 26.9. The van der Waals surface area contributed by atoms with E-state index in [1.165, 1.54) is 18.1 Å². The van der Waals surface area contributed by atoms with Crippen molar-refractivity contribution >= 4 is 34.1 Å². The van der Waals surface area contributed by atoms with Crippen LogP contribution < -0.4 is 10.5 Å². The van der Waals surface area contributed by atoms with Crippen LogP contribution in [0.1, 0.15) is 56.7 Å². The lowest BCUT2D eigenvalue weighted by Crippen LogP contribution is -2.27. The lowest BCUT2D eigenvalue weighted by Gasteiger charge is -2.22. The summed E-state index contributed by atoms with van der Waals surface area (Å²) in [6, 6.07) is 13.0. The van der Waals surface area contributed by atoms with E-state index in [0.29, 0.717) is 18.2 Å². The van der Waals surface area contributed by atoms with Crippen molar-refractivity contribution in [1.82, 2.24) is 0 Å². The van der Waals surface area contributed by atoms with Gasteiger partial charge < -0.3 is 10.5 Å². The Labute approximate surface area is 192 Å². The van der Waals surface area contributed by atoms with Crippen LogP contribution in [0.15, 0.2) is 47.4 Å². The normalized spacial score (nSPS) is 15.1. The summed E-state index contributed by atoms with van der Waals surface area (Å²) in [6.07, 6.45) is 2.70. The molecule has 2 aromatic carbocycles. The van der Waals surface area contributed by atoms with Gasteiger partial charge in [-0.15, -0.1) is 12.4 Å². The lowest BCUT2D eigenvalue weighted by atomic mass is 9.88. The largest absolute Gasteiger partial charge is 0.466 e. The van der Waals surface area contributed by atoms with E-state index >= 15 is 0 Å². The van der Waals surface area contributed by atoms with E-state index in [-0.39, 0.29) is 29.3 Å². The van der Waals surface area contributed by atoms with E-state index in [4.69, 9.17) is 5.73 Å². The molecule has 0 aliphatic heterocycles. The molecule has 3 N–H and O–H groups in total. The predicted molar refractivity (Wildman–Crippen MR) is 127 cm³/mol. The summed E-state index contributed by atoms with van der Waals surface area (Å²) >= 11 is 0. The number of nitrogens with one attached hydrogen (secondary N) is 1. The molecule has 0 saturated heterocycles. The molecule has 172 valence electrons. The summed E-state index contributed by atoms with van der Waals surface area (Å²) < 4.78 is 32.2. The quantitative estimate of drug-likeness (QED) is 0.633. The average Bonchev–Trinajstić information content (AvgIpc) is 2.68. The van der Waals surface area contributed by atoms with Crippen molar-refractivity contribution in [3.63, 3.8) is 0 Å². The van der Waals surface area contributed by atoms with Crippen molar-refractivity contribution in [1.29, 1.82) is 0 Å². The van der Waals surface area contributed by atoms with Crippen molar-refractivity contribution < 1.29 is 17.9 Å². The Bertz CT molecular complexity index is 960. The summed E-state index contributed by atoms with van der Waals surface area (Å²) in [5.41, 5.74) is 10.1. The molecule has 2 aromatic rings. The molecule has 0 heterocycles. The van der Waals surface area contributed by atoms with Gasteiger partial charge in [0.1, 0.15) is 0 Å². The first-order valence-corrected chi connectivity index (χ1v) is 11.7. The highest BCUT2D eigenvalue weighted by atomic mass is 35.5. The molecular formula is C23H33ClN2O4S. The third-order valence-electron chi connectivity index (χ3n) is 4.93. The van der Waals surface area contributed by atoms with Crippen LogP contribution in [0.4, 0.5) is 5.69 Å². The summed E-state index contributed by atoms with van der Waals surface area (Å²) in [4.78, 5) is 10.1. The molecular weight excluding hydrogens is 436 g/mol. The Hall–Kier alpha value is -2.09. The number of carbonyl (C=O) groups excluding carboxylic acids is 1. The first-order valence-electron chi connectivity index (χ1n) is 10.3. The van der Waals surface area contributed by atoms with Gasteiger partial charge in [0.05, 0.1) is 11.5 Å². The van der Waals surface area contributed by atoms with Gasteiger partial charge in [-0.05, 0) is 73.1 Å². The number of hydrogen-bond donors (Lipinski definition) is 2. The highest BCUT2D eigenvalue weighted by Gasteiger charge is 2.18. The van der Waals surface area contributed by atoms with Gasteiger partial charge in [0.2, 0.25) is 0 Å². The second kappa shape index (κ2) is 12.1. The number of anilines is 1. The Morgan fingerprint density at radius 3 is 2.32 bits per heavy atom. The fraction of sp³-hybridized carbons (Fsp3) is 0.435. The number of halogens is 1. The number of benzene rings is 2. The van der Waals surface area contributed by atoms with E-state index < -0.39 is 10.0 Å². The molecule has 0 aromatic heterocycles. The Kier molecular flexibility index (Phi) is 10.5. The fourth-order valence-electron chi connectivity index (χ4n) is 3.30. The molecule has 0 spiro atoms. The molecule has 0 radical (unpaired) electrons. The minimum atomic E-state index is -3.57. The van der Waals surface area contributed by atoms with Gasteiger partial charge in [-0.3, -0.25) is 9.52 Å². The standard InChI is InChI=1S/C19H24N2O2S.C4H8O2.ClH/c1-13(2)14-5-9-19(10-6-14)24(22,23)21-18-8-4-15-11-17(20)7-3-16(15)12-18;1-3-6-4(2)5;/h4-6,8-10,12-13,17,21H,3,7,11,20H2,1-2H3;3H2,1-2H3;1H/t17-;;/m0../s1. The smallest absolute Gasteiger partial charge is 0.302 e. The van der Waals surface area contributed by atoms with Crippen LogP contribution in [0.2, 0.25) is 0 Å². The zero-order chi connectivity index (χ0) is 22.3. The van der Waals surface area contributed by atoms with Crippen LogP contribution >= 0.6 is 12.4 Å². The van der Waals surface area contributed by atoms with Gasteiger partial charge >= 0.3 is 5.97 Å². The summed E-state index contributed by atoms with van der Waals surface area (Å²) in [7, 11) is -3.57. The van der Waals surface area contributed by atoms with Gasteiger partial charge in [0.15, 0.2) is 0 Å². The third-order valence-corrected chi connectivity index (χ3v) is 6.33. The van der Waals surface area contributed by atoms with Gasteiger partial charge in [-0.1, -0.05) is 32.0 Å².